The number of nitrogens with zero attached hydrogens (tertiary/aromatic N) is 1. The van der Waals surface area contributed by atoms with Gasteiger partial charge in [-0.15, -0.1) is 11.8 Å². The molecule has 2 unspecified atom stereocenters. The molecule has 0 spiro atoms. The van der Waals surface area contributed by atoms with E-state index in [0.29, 0.717) is 12.1 Å². The molecule has 1 aromatic carbocycles. The lowest BCUT2D eigenvalue weighted by Gasteiger charge is -2.33. The Morgan fingerprint density at radius 3 is 2.90 bits per heavy atom. The number of hydrogen-bond donors (Lipinski definition) is 1. The van der Waals surface area contributed by atoms with Gasteiger partial charge in [0.15, 0.2) is 0 Å². The summed E-state index contributed by atoms with van der Waals surface area (Å²) >= 11 is 2.00. The second-order valence-electron chi connectivity index (χ2n) is 6.16. The van der Waals surface area contributed by atoms with Gasteiger partial charge in [-0.2, -0.15) is 0 Å². The van der Waals surface area contributed by atoms with E-state index in [9.17, 15) is 0 Å². The first-order chi connectivity index (χ1) is 9.83. The Morgan fingerprint density at radius 2 is 2.05 bits per heavy atom. The van der Waals surface area contributed by atoms with Gasteiger partial charge in [0.05, 0.1) is 0 Å². The summed E-state index contributed by atoms with van der Waals surface area (Å²) in [6.07, 6.45) is 5.45. The molecule has 110 valence electrons. The van der Waals surface area contributed by atoms with E-state index in [0.717, 1.165) is 0 Å². The van der Waals surface area contributed by atoms with Crippen molar-refractivity contribution in [2.75, 3.05) is 25.4 Å². The molecule has 0 bridgehead atoms. The highest BCUT2D eigenvalue weighted by molar-refractivity contribution is 7.99. The van der Waals surface area contributed by atoms with Gasteiger partial charge in [-0.25, -0.2) is 0 Å². The largest absolute Gasteiger partial charge is 0.306 e. The van der Waals surface area contributed by atoms with E-state index >= 15 is 0 Å². The molecule has 20 heavy (non-hydrogen) atoms. The Balaban J connectivity index is 1.57. The fraction of sp³-hybridized carbons (Fsp3) is 0.647. The lowest BCUT2D eigenvalue weighted by Crippen LogP contribution is -2.43. The van der Waals surface area contributed by atoms with E-state index in [2.05, 4.69) is 41.4 Å². The van der Waals surface area contributed by atoms with Gasteiger partial charge in [-0.3, -0.25) is 0 Å². The minimum atomic E-state index is 0.548. The smallest absolute Gasteiger partial charge is 0.0342 e. The average molecular weight is 290 g/mol. The molecular weight excluding hydrogens is 264 g/mol. The summed E-state index contributed by atoms with van der Waals surface area (Å²) in [6, 6.07) is 10.0. The van der Waals surface area contributed by atoms with Crippen LogP contribution in [0, 0.1) is 0 Å². The van der Waals surface area contributed by atoms with Gasteiger partial charge in [0.2, 0.25) is 0 Å². The molecule has 1 aromatic rings. The van der Waals surface area contributed by atoms with E-state index in [4.69, 9.17) is 0 Å². The van der Waals surface area contributed by atoms with Gasteiger partial charge in [-0.1, -0.05) is 24.6 Å². The molecule has 0 radical (unpaired) electrons. The Labute approximate surface area is 127 Å². The molecular formula is C17H26N2S. The number of thioether (sulfide) groups is 1. The van der Waals surface area contributed by atoms with Crippen molar-refractivity contribution < 1.29 is 0 Å². The summed E-state index contributed by atoms with van der Waals surface area (Å²) < 4.78 is 0. The second kappa shape index (κ2) is 6.97. The standard InChI is InChI=1S/C17H26N2S/c1-14(13-19-10-5-2-6-11-19)18-16-9-12-20-17-8-4-3-7-15(16)17/h3-4,7-8,14,16,18H,2,5-6,9-13H2,1H3. The molecule has 2 atom stereocenters. The SMILES string of the molecule is CC(CN1CCCCC1)NC1CCSc2ccccc21. The molecule has 1 fully saturated rings. The highest BCUT2D eigenvalue weighted by Crippen LogP contribution is 2.36. The number of benzene rings is 1. The number of hydrogen-bond acceptors (Lipinski definition) is 3. The van der Waals surface area contributed by atoms with Gasteiger partial charge in [0.1, 0.15) is 0 Å². The molecule has 2 aliphatic rings. The maximum Gasteiger partial charge on any atom is 0.0342 e. The maximum absolute atomic E-state index is 3.87. The van der Waals surface area contributed by atoms with Crippen LogP contribution in [-0.2, 0) is 0 Å². The molecule has 0 aromatic heterocycles. The lowest BCUT2D eigenvalue weighted by molar-refractivity contribution is 0.203. The van der Waals surface area contributed by atoms with E-state index in [-0.39, 0.29) is 0 Å². The third-order valence-corrected chi connectivity index (χ3v) is 5.55. The topological polar surface area (TPSA) is 15.3 Å². The average Bonchev–Trinajstić information content (AvgIpc) is 2.48. The van der Waals surface area contributed by atoms with Gasteiger partial charge in [0, 0.05) is 23.5 Å². The van der Waals surface area contributed by atoms with Crippen LogP contribution in [0.15, 0.2) is 29.2 Å². The van der Waals surface area contributed by atoms with Crippen LogP contribution in [0.3, 0.4) is 0 Å². The Kier molecular flexibility index (Phi) is 5.03. The van der Waals surface area contributed by atoms with Crippen LogP contribution in [0.5, 0.6) is 0 Å². The molecule has 1 N–H and O–H groups in total. The van der Waals surface area contributed by atoms with Gasteiger partial charge in [-0.05, 0) is 56.7 Å². The Hall–Kier alpha value is -0.510. The van der Waals surface area contributed by atoms with Crippen molar-refractivity contribution in [3.8, 4) is 0 Å². The number of fused-ring (bicyclic) bond motifs is 1. The minimum Gasteiger partial charge on any atom is -0.306 e. The zero-order valence-corrected chi connectivity index (χ0v) is 13.3. The Morgan fingerprint density at radius 1 is 1.25 bits per heavy atom. The molecule has 3 rings (SSSR count). The monoisotopic (exact) mass is 290 g/mol. The quantitative estimate of drug-likeness (QED) is 0.910. The van der Waals surface area contributed by atoms with Crippen LogP contribution < -0.4 is 5.32 Å². The molecule has 2 aliphatic heterocycles. The predicted molar refractivity (Wildman–Crippen MR) is 87.4 cm³/mol. The molecule has 2 heterocycles. The number of rotatable bonds is 4. The number of likely N-dealkylation sites (tertiary alicyclic amines) is 1. The number of nitrogens with one attached hydrogen (secondary N) is 1. The summed E-state index contributed by atoms with van der Waals surface area (Å²) in [5.41, 5.74) is 1.51. The second-order valence-corrected chi connectivity index (χ2v) is 7.29. The van der Waals surface area contributed by atoms with Crippen LogP contribution in [0.4, 0.5) is 0 Å². The summed E-state index contributed by atoms with van der Waals surface area (Å²) in [5.74, 6) is 1.24. The fourth-order valence-electron chi connectivity index (χ4n) is 3.44. The lowest BCUT2D eigenvalue weighted by atomic mass is 10.0. The van der Waals surface area contributed by atoms with Crippen LogP contribution >= 0.6 is 11.8 Å². The van der Waals surface area contributed by atoms with E-state index in [1.807, 2.05) is 11.8 Å². The van der Waals surface area contributed by atoms with Crippen LogP contribution in [0.2, 0.25) is 0 Å². The van der Waals surface area contributed by atoms with Crippen LogP contribution in [0.25, 0.3) is 0 Å². The molecule has 1 saturated heterocycles. The minimum absolute atomic E-state index is 0.548. The molecule has 0 aliphatic carbocycles. The molecule has 3 heteroatoms. The summed E-state index contributed by atoms with van der Waals surface area (Å²) in [6.45, 7) is 6.14. The molecule has 2 nitrogen and oxygen atoms in total. The molecule has 0 saturated carbocycles. The zero-order chi connectivity index (χ0) is 13.8. The molecule has 0 amide bonds. The number of piperidine rings is 1. The van der Waals surface area contributed by atoms with Crippen molar-refractivity contribution in [3.05, 3.63) is 29.8 Å². The van der Waals surface area contributed by atoms with E-state index in [1.165, 1.54) is 61.5 Å². The zero-order valence-electron chi connectivity index (χ0n) is 12.5. The normalized spacial score (nSPS) is 25.1. The van der Waals surface area contributed by atoms with Gasteiger partial charge in [0.25, 0.3) is 0 Å². The van der Waals surface area contributed by atoms with Gasteiger partial charge < -0.3 is 10.2 Å². The van der Waals surface area contributed by atoms with Crippen molar-refractivity contribution >= 4 is 11.8 Å². The maximum atomic E-state index is 3.87. The third-order valence-electron chi connectivity index (χ3n) is 4.42. The van der Waals surface area contributed by atoms with Crippen molar-refractivity contribution in [1.82, 2.24) is 10.2 Å². The predicted octanol–water partition coefficient (Wildman–Crippen LogP) is 3.69. The van der Waals surface area contributed by atoms with Crippen molar-refractivity contribution in [3.63, 3.8) is 0 Å². The summed E-state index contributed by atoms with van der Waals surface area (Å²) in [5, 5.41) is 3.87. The van der Waals surface area contributed by atoms with E-state index in [1.54, 1.807) is 0 Å². The highest BCUT2D eigenvalue weighted by atomic mass is 32.2. The highest BCUT2D eigenvalue weighted by Gasteiger charge is 2.22. The third kappa shape index (κ3) is 3.57. The first-order valence-electron chi connectivity index (χ1n) is 8.03. The van der Waals surface area contributed by atoms with Crippen molar-refractivity contribution in [2.45, 2.75) is 49.6 Å². The van der Waals surface area contributed by atoms with Crippen LogP contribution in [0.1, 0.15) is 44.2 Å². The Bertz CT molecular complexity index is 429. The first-order valence-corrected chi connectivity index (χ1v) is 9.01. The first kappa shape index (κ1) is 14.4. The van der Waals surface area contributed by atoms with Crippen molar-refractivity contribution in [1.29, 1.82) is 0 Å². The van der Waals surface area contributed by atoms with Gasteiger partial charge >= 0.3 is 0 Å². The fourth-order valence-corrected chi connectivity index (χ4v) is 4.57. The summed E-state index contributed by atoms with van der Waals surface area (Å²) in [7, 11) is 0. The van der Waals surface area contributed by atoms with Crippen LogP contribution in [-0.4, -0.2) is 36.3 Å². The van der Waals surface area contributed by atoms with E-state index < -0.39 is 0 Å². The van der Waals surface area contributed by atoms with Crippen molar-refractivity contribution in [2.24, 2.45) is 0 Å². The summed E-state index contributed by atoms with van der Waals surface area (Å²) in [4.78, 5) is 4.10.